The normalized spacial score (nSPS) is 11.5. The number of aliphatic hydroxyl groups excluding tert-OH is 1. The average Bonchev–Trinajstić information content (AvgIpc) is 2.61. The van der Waals surface area contributed by atoms with Crippen LogP contribution in [0.1, 0.15) is 5.56 Å². The molecule has 2 N–H and O–H groups in total. The fraction of sp³-hybridized carbons (Fsp3) is 0.278. The predicted molar refractivity (Wildman–Crippen MR) is 87.5 cm³/mol. The van der Waals surface area contributed by atoms with Gasteiger partial charge in [0, 0.05) is 13.1 Å². The highest BCUT2D eigenvalue weighted by Gasteiger charge is 2.05. The van der Waals surface area contributed by atoms with Crippen LogP contribution in [-0.4, -0.2) is 37.5 Å². The van der Waals surface area contributed by atoms with Crippen LogP contribution in [0.3, 0.4) is 0 Å². The monoisotopic (exact) mass is 312 g/mol. The Kier molecular flexibility index (Phi) is 6.92. The van der Waals surface area contributed by atoms with E-state index < -0.39 is 6.10 Å². The van der Waals surface area contributed by atoms with Crippen molar-refractivity contribution in [3.05, 3.63) is 60.2 Å². The first-order valence-electron chi connectivity index (χ1n) is 7.47. The molecule has 0 spiro atoms. The van der Waals surface area contributed by atoms with Gasteiger partial charge in [-0.05, 0) is 36.4 Å². The summed E-state index contributed by atoms with van der Waals surface area (Å²) >= 11 is 0. The van der Waals surface area contributed by atoms with E-state index in [9.17, 15) is 5.11 Å². The van der Waals surface area contributed by atoms with Gasteiger partial charge in [0.15, 0.2) is 0 Å². The van der Waals surface area contributed by atoms with Gasteiger partial charge >= 0.3 is 0 Å². The number of hydrogen-bond acceptors (Lipinski definition) is 5. The highest BCUT2D eigenvalue weighted by atomic mass is 16.5. The number of rotatable bonds is 9. The molecule has 5 heteroatoms. The third-order valence-corrected chi connectivity index (χ3v) is 3.10. The van der Waals surface area contributed by atoms with Crippen LogP contribution >= 0.6 is 0 Å². The van der Waals surface area contributed by atoms with Gasteiger partial charge in [0.1, 0.15) is 30.8 Å². The number of hydrogen-bond donors (Lipinski definition) is 2. The largest absolute Gasteiger partial charge is 0.492 e. The lowest BCUT2D eigenvalue weighted by atomic mass is 10.2. The smallest absolute Gasteiger partial charge is 0.119 e. The van der Waals surface area contributed by atoms with Crippen molar-refractivity contribution in [2.45, 2.75) is 6.10 Å². The van der Waals surface area contributed by atoms with Crippen molar-refractivity contribution >= 4 is 0 Å². The van der Waals surface area contributed by atoms with Crippen molar-refractivity contribution in [2.24, 2.45) is 0 Å². The third-order valence-electron chi connectivity index (χ3n) is 3.10. The summed E-state index contributed by atoms with van der Waals surface area (Å²) in [4.78, 5) is 0. The molecule has 1 unspecified atom stereocenters. The first kappa shape index (κ1) is 16.8. The van der Waals surface area contributed by atoms with E-state index in [0.717, 1.165) is 5.75 Å². The number of para-hydroxylation sites is 1. The maximum atomic E-state index is 9.85. The lowest BCUT2D eigenvalue weighted by molar-refractivity contribution is 0.105. The average molecular weight is 312 g/mol. The zero-order valence-electron chi connectivity index (χ0n) is 12.8. The Morgan fingerprint density at radius 3 is 2.39 bits per heavy atom. The summed E-state index contributed by atoms with van der Waals surface area (Å²) in [5, 5.41) is 21.7. The van der Waals surface area contributed by atoms with Gasteiger partial charge in [0.05, 0.1) is 11.6 Å². The molecule has 0 fully saturated rings. The molecule has 0 saturated carbocycles. The Bertz CT molecular complexity index is 608. The van der Waals surface area contributed by atoms with Crippen LogP contribution in [0, 0.1) is 11.3 Å². The second-order valence-electron chi connectivity index (χ2n) is 4.97. The highest BCUT2D eigenvalue weighted by Crippen LogP contribution is 2.11. The summed E-state index contributed by atoms with van der Waals surface area (Å²) in [6.07, 6.45) is -0.609. The summed E-state index contributed by atoms with van der Waals surface area (Å²) in [7, 11) is 0. The number of aliphatic hydroxyl groups is 1. The van der Waals surface area contributed by atoms with Crippen LogP contribution in [0.2, 0.25) is 0 Å². The Morgan fingerprint density at radius 1 is 1.00 bits per heavy atom. The summed E-state index contributed by atoms with van der Waals surface area (Å²) in [6, 6.07) is 18.4. The SMILES string of the molecule is N#Cc1ccc(OCC(O)CNCCOc2ccccc2)cc1. The van der Waals surface area contributed by atoms with E-state index in [1.807, 2.05) is 36.4 Å². The standard InChI is InChI=1S/C18H20N2O3/c19-12-15-6-8-18(9-7-15)23-14-16(21)13-20-10-11-22-17-4-2-1-3-5-17/h1-9,16,20-21H,10-11,13-14H2. The zero-order valence-corrected chi connectivity index (χ0v) is 12.8. The summed E-state index contributed by atoms with van der Waals surface area (Å²) in [6.45, 7) is 1.79. The quantitative estimate of drug-likeness (QED) is 0.692. The fourth-order valence-electron chi connectivity index (χ4n) is 1.90. The number of nitrogens with zero attached hydrogens (tertiary/aromatic N) is 1. The van der Waals surface area contributed by atoms with Gasteiger partial charge in [0.2, 0.25) is 0 Å². The van der Waals surface area contributed by atoms with E-state index in [0.29, 0.717) is 31.0 Å². The van der Waals surface area contributed by atoms with Gasteiger partial charge in [0.25, 0.3) is 0 Å². The molecular weight excluding hydrogens is 292 g/mol. The van der Waals surface area contributed by atoms with Crippen LogP contribution in [0.15, 0.2) is 54.6 Å². The Hall–Kier alpha value is -2.55. The van der Waals surface area contributed by atoms with Gasteiger partial charge in [-0.3, -0.25) is 0 Å². The third kappa shape index (κ3) is 6.39. The second kappa shape index (κ2) is 9.46. The molecule has 0 radical (unpaired) electrons. The maximum Gasteiger partial charge on any atom is 0.119 e. The van der Waals surface area contributed by atoms with E-state index in [4.69, 9.17) is 14.7 Å². The lowest BCUT2D eigenvalue weighted by Crippen LogP contribution is -2.33. The van der Waals surface area contributed by atoms with Crippen LogP contribution in [0.4, 0.5) is 0 Å². The Morgan fingerprint density at radius 2 is 1.70 bits per heavy atom. The van der Waals surface area contributed by atoms with Gasteiger partial charge < -0.3 is 19.9 Å². The van der Waals surface area contributed by atoms with E-state index in [1.54, 1.807) is 24.3 Å². The molecule has 0 saturated heterocycles. The molecule has 1 atom stereocenters. The molecule has 2 aromatic carbocycles. The molecule has 2 rings (SSSR count). The fourth-order valence-corrected chi connectivity index (χ4v) is 1.90. The topological polar surface area (TPSA) is 74.5 Å². The van der Waals surface area contributed by atoms with Crippen molar-refractivity contribution in [1.82, 2.24) is 5.32 Å². The first-order chi connectivity index (χ1) is 11.3. The highest BCUT2D eigenvalue weighted by molar-refractivity contribution is 5.34. The maximum absolute atomic E-state index is 9.85. The summed E-state index contributed by atoms with van der Waals surface area (Å²) in [5.74, 6) is 1.47. The molecule has 120 valence electrons. The molecule has 0 aliphatic carbocycles. The van der Waals surface area contributed by atoms with Crippen LogP contribution in [-0.2, 0) is 0 Å². The van der Waals surface area contributed by atoms with Crippen molar-refractivity contribution in [3.63, 3.8) is 0 Å². The number of nitriles is 1. The molecular formula is C18H20N2O3. The molecule has 2 aromatic rings. The van der Waals surface area contributed by atoms with E-state index >= 15 is 0 Å². The molecule has 0 heterocycles. The second-order valence-corrected chi connectivity index (χ2v) is 4.97. The lowest BCUT2D eigenvalue weighted by Gasteiger charge is -2.13. The molecule has 0 amide bonds. The number of ether oxygens (including phenoxy) is 2. The molecule has 5 nitrogen and oxygen atoms in total. The van der Waals surface area contributed by atoms with E-state index in [2.05, 4.69) is 5.32 Å². The zero-order chi connectivity index (χ0) is 16.3. The Labute approximate surface area is 136 Å². The van der Waals surface area contributed by atoms with Crippen molar-refractivity contribution in [1.29, 1.82) is 5.26 Å². The van der Waals surface area contributed by atoms with Gasteiger partial charge in [-0.2, -0.15) is 5.26 Å². The van der Waals surface area contributed by atoms with Gasteiger partial charge in [-0.25, -0.2) is 0 Å². The van der Waals surface area contributed by atoms with Crippen molar-refractivity contribution in [3.8, 4) is 17.6 Å². The predicted octanol–water partition coefficient (Wildman–Crippen LogP) is 1.97. The molecule has 0 aromatic heterocycles. The molecule has 0 aliphatic heterocycles. The number of benzene rings is 2. The summed E-state index contributed by atoms with van der Waals surface area (Å²) < 4.78 is 11.0. The van der Waals surface area contributed by atoms with Crippen LogP contribution in [0.25, 0.3) is 0 Å². The minimum Gasteiger partial charge on any atom is -0.492 e. The first-order valence-corrected chi connectivity index (χ1v) is 7.47. The van der Waals surface area contributed by atoms with Crippen molar-refractivity contribution < 1.29 is 14.6 Å². The summed E-state index contributed by atoms with van der Waals surface area (Å²) in [5.41, 5.74) is 0.581. The minimum atomic E-state index is -0.609. The number of nitrogens with one attached hydrogen (secondary N) is 1. The minimum absolute atomic E-state index is 0.193. The van der Waals surface area contributed by atoms with E-state index in [-0.39, 0.29) is 6.61 Å². The Balaban J connectivity index is 1.56. The van der Waals surface area contributed by atoms with Gasteiger partial charge in [-0.1, -0.05) is 18.2 Å². The van der Waals surface area contributed by atoms with Crippen LogP contribution in [0.5, 0.6) is 11.5 Å². The molecule has 23 heavy (non-hydrogen) atoms. The van der Waals surface area contributed by atoms with Crippen molar-refractivity contribution in [2.75, 3.05) is 26.3 Å². The molecule has 0 aliphatic rings. The van der Waals surface area contributed by atoms with E-state index in [1.165, 1.54) is 0 Å². The molecule has 0 bridgehead atoms. The van der Waals surface area contributed by atoms with Gasteiger partial charge in [-0.15, -0.1) is 0 Å². The van der Waals surface area contributed by atoms with Crippen LogP contribution < -0.4 is 14.8 Å².